The van der Waals surface area contributed by atoms with Crippen molar-refractivity contribution in [1.29, 1.82) is 0 Å². The standard InChI is InChI=1S/C17H20O.C13H14O.C10H12O2.C10H14.C9H11NO2.5CH4/c1-13(2)16-9-10-17(14(3)11-16)18-12-15-7-5-4-6-8-15;1-9(2)13-11-6-4-3-5-10(11)7-8-12(13)14;1-7(2)8-3-4-9-10(5-8)12-6-11-9;1-8(2)10-7-5-4-6-9(10)3;1-7(2)8-5-3-4-6-9(8)10(11)12;;;;;/h4-11,13H,12H2,1-3H3;3-9,14H,1-2H3;3-5,7H,6H2,1-2H3;4-8H,1-3H3;3-7H,1-2H3;5*1H4. The molecule has 0 bridgehead atoms. The lowest BCUT2D eigenvalue weighted by molar-refractivity contribution is -0.385. The second kappa shape index (κ2) is 33.1. The number of aryl methyl sites for hydroxylation is 2. The van der Waals surface area contributed by atoms with E-state index in [0.29, 0.717) is 42.8 Å². The Kier molecular flexibility index (Phi) is 31.0. The first kappa shape index (κ1) is 66.5. The minimum absolute atomic E-state index is 0. The maximum atomic E-state index is 10.5. The molecule has 0 saturated heterocycles. The highest BCUT2D eigenvalue weighted by Crippen LogP contribution is 2.35. The van der Waals surface area contributed by atoms with Crippen LogP contribution < -0.4 is 14.2 Å². The van der Waals surface area contributed by atoms with E-state index in [1.807, 2.05) is 68.4 Å². The van der Waals surface area contributed by atoms with Gasteiger partial charge in [-0.1, -0.05) is 228 Å². The van der Waals surface area contributed by atoms with Crippen molar-refractivity contribution in [3.63, 3.8) is 0 Å². The Morgan fingerprint density at radius 2 is 1.06 bits per heavy atom. The summed E-state index contributed by atoms with van der Waals surface area (Å²) in [5.74, 6) is 5.42. The number of nitrogens with zero attached hydrogens (tertiary/aromatic N) is 1. The van der Waals surface area contributed by atoms with Gasteiger partial charge in [-0.3, -0.25) is 10.1 Å². The van der Waals surface area contributed by atoms with Crippen molar-refractivity contribution in [2.45, 2.75) is 156 Å². The fourth-order valence-electron chi connectivity index (χ4n) is 7.47. The summed E-state index contributed by atoms with van der Waals surface area (Å²) < 4.78 is 16.3. The molecule has 0 amide bonds. The zero-order chi connectivity index (χ0) is 48.3. The Bertz CT molecular complexity index is 2580. The fourth-order valence-corrected chi connectivity index (χ4v) is 7.47. The van der Waals surface area contributed by atoms with Crippen LogP contribution in [0.2, 0.25) is 0 Å². The second-order valence-electron chi connectivity index (χ2n) is 18.1. The molecule has 7 aromatic carbocycles. The third kappa shape index (κ3) is 20.3. The minimum Gasteiger partial charge on any atom is -0.508 e. The molecule has 1 heterocycles. The molecule has 1 N–H and O–H groups in total. The lowest BCUT2D eigenvalue weighted by Crippen LogP contribution is -1.98. The van der Waals surface area contributed by atoms with Gasteiger partial charge in [-0.05, 0) is 112 Å². The molecule has 1 aliphatic heterocycles. The molecule has 7 heteroatoms. The van der Waals surface area contributed by atoms with Gasteiger partial charge in [-0.15, -0.1) is 0 Å². The van der Waals surface area contributed by atoms with Gasteiger partial charge in [0.05, 0.1) is 4.92 Å². The van der Waals surface area contributed by atoms with Crippen LogP contribution in [-0.2, 0) is 6.61 Å². The topological polar surface area (TPSA) is 91.1 Å². The molecule has 71 heavy (non-hydrogen) atoms. The SMILES string of the molecule is C.C.C.C.C.CC(C)c1c(O)ccc2ccccc12.CC(C)c1ccc2c(c1)OCO2.CC(C)c1ccccc1[N+](=O)[O-].Cc1cc(C(C)C)ccc1OCc1ccccc1.Cc1ccccc1C(C)C. The molecule has 0 aromatic heterocycles. The number of aromatic hydroxyl groups is 1. The summed E-state index contributed by atoms with van der Waals surface area (Å²) in [7, 11) is 0. The monoisotopic (exact) mass is 970 g/mol. The molecule has 0 unspecified atom stereocenters. The molecule has 0 saturated carbocycles. The number of fused-ring (bicyclic) bond motifs is 2. The van der Waals surface area contributed by atoms with E-state index in [-0.39, 0.29) is 53.7 Å². The van der Waals surface area contributed by atoms with E-state index in [4.69, 9.17) is 14.2 Å². The summed E-state index contributed by atoms with van der Waals surface area (Å²) in [5.41, 5.74) is 9.97. The molecule has 7 aromatic rings. The second-order valence-corrected chi connectivity index (χ2v) is 18.1. The summed E-state index contributed by atoms with van der Waals surface area (Å²) in [4.78, 5) is 10.2. The first-order valence-electron chi connectivity index (χ1n) is 23.1. The molecular weight excluding hydrogens is 879 g/mol. The first-order valence-corrected chi connectivity index (χ1v) is 23.1. The molecule has 0 aliphatic carbocycles. The lowest BCUT2D eigenvalue weighted by Gasteiger charge is -2.12. The quantitative estimate of drug-likeness (QED) is 0.114. The highest BCUT2D eigenvalue weighted by molar-refractivity contribution is 5.88. The molecule has 0 spiro atoms. The fraction of sp³-hybridized carbons (Fsp3) is 0.375. The number of nitro benzene ring substituents is 1. The number of phenolic OH excluding ortho intramolecular Hbond substituents is 1. The van der Waals surface area contributed by atoms with E-state index in [9.17, 15) is 15.2 Å². The maximum Gasteiger partial charge on any atom is 0.272 e. The lowest BCUT2D eigenvalue weighted by atomic mass is 9.95. The van der Waals surface area contributed by atoms with E-state index in [1.165, 1.54) is 44.8 Å². The van der Waals surface area contributed by atoms with E-state index < -0.39 is 0 Å². The van der Waals surface area contributed by atoms with Crippen LogP contribution in [-0.4, -0.2) is 16.8 Å². The smallest absolute Gasteiger partial charge is 0.272 e. The molecular formula is C64H91NO6. The Labute approximate surface area is 431 Å². The van der Waals surface area contributed by atoms with Gasteiger partial charge in [0.2, 0.25) is 6.79 Å². The molecule has 8 rings (SSSR count). The third-order valence-corrected chi connectivity index (χ3v) is 11.3. The number of para-hydroxylation sites is 1. The highest BCUT2D eigenvalue weighted by Gasteiger charge is 2.15. The number of phenols is 1. The van der Waals surface area contributed by atoms with Crippen molar-refractivity contribution in [2.24, 2.45) is 0 Å². The normalized spacial score (nSPS) is 10.4. The molecule has 1 aliphatic rings. The molecule has 0 fully saturated rings. The van der Waals surface area contributed by atoms with Gasteiger partial charge in [0, 0.05) is 17.2 Å². The van der Waals surface area contributed by atoms with E-state index in [0.717, 1.165) is 33.8 Å². The van der Waals surface area contributed by atoms with Crippen LogP contribution in [0, 0.1) is 24.0 Å². The van der Waals surface area contributed by atoms with Crippen molar-refractivity contribution in [1.82, 2.24) is 0 Å². The van der Waals surface area contributed by atoms with E-state index in [1.54, 1.807) is 18.2 Å². The summed E-state index contributed by atoms with van der Waals surface area (Å²) in [6.07, 6.45) is 0. The van der Waals surface area contributed by atoms with Crippen molar-refractivity contribution in [3.8, 4) is 23.0 Å². The summed E-state index contributed by atoms with van der Waals surface area (Å²) in [6.45, 7) is 26.5. The Morgan fingerprint density at radius 3 is 1.59 bits per heavy atom. The summed E-state index contributed by atoms with van der Waals surface area (Å²) in [5, 5.41) is 22.7. The van der Waals surface area contributed by atoms with Crippen LogP contribution >= 0.6 is 0 Å². The zero-order valence-electron chi connectivity index (χ0n) is 41.2. The number of nitro groups is 1. The van der Waals surface area contributed by atoms with Crippen LogP contribution in [0.4, 0.5) is 5.69 Å². The number of rotatable bonds is 9. The third-order valence-electron chi connectivity index (χ3n) is 11.3. The van der Waals surface area contributed by atoms with Crippen LogP contribution in [0.25, 0.3) is 10.8 Å². The van der Waals surface area contributed by atoms with Crippen molar-refractivity contribution in [3.05, 3.63) is 206 Å². The number of hydrogen-bond acceptors (Lipinski definition) is 6. The van der Waals surface area contributed by atoms with Gasteiger partial charge in [0.1, 0.15) is 18.1 Å². The first-order chi connectivity index (χ1) is 31.5. The molecule has 7 nitrogen and oxygen atoms in total. The molecule has 388 valence electrons. The maximum absolute atomic E-state index is 10.5. The van der Waals surface area contributed by atoms with Crippen LogP contribution in [0.15, 0.2) is 152 Å². The average molecular weight is 970 g/mol. The predicted molar refractivity (Wildman–Crippen MR) is 309 cm³/mol. The molecule has 0 radical (unpaired) electrons. The van der Waals surface area contributed by atoms with Crippen LogP contribution in [0.3, 0.4) is 0 Å². The zero-order valence-corrected chi connectivity index (χ0v) is 41.2. The van der Waals surface area contributed by atoms with E-state index >= 15 is 0 Å². The van der Waals surface area contributed by atoms with Gasteiger partial charge in [0.15, 0.2) is 11.5 Å². The number of hydrogen-bond donors (Lipinski definition) is 1. The Hall–Kier alpha value is -6.60. The van der Waals surface area contributed by atoms with Gasteiger partial charge >= 0.3 is 0 Å². The largest absolute Gasteiger partial charge is 0.508 e. The summed E-state index contributed by atoms with van der Waals surface area (Å²) in [6, 6.07) is 50.1. The number of ether oxygens (including phenoxy) is 3. The Morgan fingerprint density at radius 1 is 0.535 bits per heavy atom. The van der Waals surface area contributed by atoms with Crippen molar-refractivity contribution < 1.29 is 24.2 Å². The highest BCUT2D eigenvalue weighted by atomic mass is 16.7. The van der Waals surface area contributed by atoms with Gasteiger partial charge in [0.25, 0.3) is 5.69 Å². The predicted octanol–water partition coefficient (Wildman–Crippen LogP) is 19.9. The molecule has 0 atom stereocenters. The summed E-state index contributed by atoms with van der Waals surface area (Å²) >= 11 is 0. The van der Waals surface area contributed by atoms with Crippen molar-refractivity contribution in [2.75, 3.05) is 6.79 Å². The van der Waals surface area contributed by atoms with Gasteiger partial charge in [-0.25, -0.2) is 0 Å². The van der Waals surface area contributed by atoms with Crippen LogP contribution in [0.1, 0.15) is 180 Å². The average Bonchev–Trinajstić information content (AvgIpc) is 3.78. The minimum atomic E-state index is -0.338. The van der Waals surface area contributed by atoms with Crippen molar-refractivity contribution >= 4 is 16.5 Å². The number of benzene rings is 7. The van der Waals surface area contributed by atoms with Crippen LogP contribution in [0.5, 0.6) is 23.0 Å². The van der Waals surface area contributed by atoms with Gasteiger partial charge in [-0.2, -0.15) is 0 Å². The Balaban J connectivity index is 0. The van der Waals surface area contributed by atoms with E-state index in [2.05, 4.69) is 142 Å². The van der Waals surface area contributed by atoms with Gasteiger partial charge < -0.3 is 19.3 Å².